The number of nitrogens with zero attached hydrogens (tertiary/aromatic N) is 2. The van der Waals surface area contributed by atoms with E-state index in [0.717, 1.165) is 38.3 Å². The lowest BCUT2D eigenvalue weighted by Crippen LogP contribution is -2.34. The van der Waals surface area contributed by atoms with Crippen molar-refractivity contribution in [3.63, 3.8) is 0 Å². The summed E-state index contributed by atoms with van der Waals surface area (Å²) in [7, 11) is 0. The normalized spacial score (nSPS) is 12.0. The van der Waals surface area contributed by atoms with Crippen LogP contribution < -0.4 is 21.4 Å². The van der Waals surface area contributed by atoms with Crippen LogP contribution in [0.15, 0.2) is 45.7 Å². The van der Waals surface area contributed by atoms with Gasteiger partial charge in [-0.2, -0.15) is 0 Å². The van der Waals surface area contributed by atoms with E-state index >= 15 is 0 Å². The molecule has 0 amide bonds. The van der Waals surface area contributed by atoms with Crippen LogP contribution in [0, 0.1) is 13.8 Å². The fourth-order valence-electron chi connectivity index (χ4n) is 2.98. The van der Waals surface area contributed by atoms with Crippen LogP contribution in [0.4, 0.5) is 5.69 Å². The number of nitrogens with one attached hydrogen (secondary N) is 3. The molecule has 2 aromatic heterocycles. The fourth-order valence-corrected chi connectivity index (χ4v) is 3.22. The van der Waals surface area contributed by atoms with Crippen LogP contribution in [0.25, 0.3) is 29.5 Å². The Bertz CT molecular complexity index is 1330. The monoisotopic (exact) mass is 423 g/mol. The lowest BCUT2D eigenvalue weighted by molar-refractivity contribution is 0.837. The first-order valence-electron chi connectivity index (χ1n) is 8.42. The fraction of sp³-hybridized carbons (Fsp3) is 0.100. The lowest BCUT2D eigenvalue weighted by atomic mass is 10.2. The molecular formula is C20H18BrN5O. The third kappa shape index (κ3) is 3.21. The maximum Gasteiger partial charge on any atom is 0.280 e. The summed E-state index contributed by atoms with van der Waals surface area (Å²) in [6.45, 7) is 7.86. The van der Waals surface area contributed by atoms with Crippen LogP contribution in [0.5, 0.6) is 0 Å². The van der Waals surface area contributed by atoms with Gasteiger partial charge in [-0.05, 0) is 55.8 Å². The van der Waals surface area contributed by atoms with Crippen LogP contribution in [0.2, 0.25) is 0 Å². The van der Waals surface area contributed by atoms with Gasteiger partial charge < -0.3 is 10.3 Å². The molecule has 7 heteroatoms. The van der Waals surface area contributed by atoms with Gasteiger partial charge in [0, 0.05) is 16.4 Å². The van der Waals surface area contributed by atoms with Gasteiger partial charge in [0.1, 0.15) is 5.82 Å². The number of anilines is 1. The number of aromatic nitrogens is 4. The molecule has 0 saturated carbocycles. The molecule has 0 aliphatic heterocycles. The highest BCUT2D eigenvalue weighted by Gasteiger charge is 2.06. The zero-order valence-corrected chi connectivity index (χ0v) is 16.5. The number of rotatable bonds is 3. The van der Waals surface area contributed by atoms with Crippen molar-refractivity contribution in [3.8, 4) is 5.69 Å². The van der Waals surface area contributed by atoms with Crippen molar-refractivity contribution in [1.29, 1.82) is 0 Å². The van der Waals surface area contributed by atoms with Gasteiger partial charge >= 0.3 is 0 Å². The van der Waals surface area contributed by atoms with Crippen LogP contribution in [0.1, 0.15) is 11.4 Å². The predicted octanol–water partition coefficient (Wildman–Crippen LogP) is 2.68. The summed E-state index contributed by atoms with van der Waals surface area (Å²) in [5, 5.41) is 7.24. The quantitative estimate of drug-likeness (QED) is 0.473. The molecule has 0 radical (unpaired) electrons. The minimum Gasteiger partial charge on any atom is -0.361 e. The Morgan fingerprint density at radius 3 is 2.81 bits per heavy atom. The molecule has 2 aromatic carbocycles. The second-order valence-corrected chi connectivity index (χ2v) is 7.28. The molecule has 0 fully saturated rings. The minimum absolute atomic E-state index is 0.160. The Balaban J connectivity index is 1.72. The number of aromatic amines is 2. The maximum absolute atomic E-state index is 12.8. The molecule has 0 unspecified atom stereocenters. The van der Waals surface area contributed by atoms with Gasteiger partial charge in [-0.3, -0.25) is 9.89 Å². The van der Waals surface area contributed by atoms with Crippen molar-refractivity contribution in [2.24, 2.45) is 0 Å². The Morgan fingerprint density at radius 1 is 1.22 bits per heavy atom. The smallest absolute Gasteiger partial charge is 0.280 e. The van der Waals surface area contributed by atoms with Crippen molar-refractivity contribution >= 4 is 45.4 Å². The molecule has 136 valence electrons. The number of benzene rings is 2. The zero-order chi connectivity index (χ0) is 19.1. The van der Waals surface area contributed by atoms with Gasteiger partial charge in [-0.25, -0.2) is 9.67 Å². The van der Waals surface area contributed by atoms with E-state index < -0.39 is 0 Å². The summed E-state index contributed by atoms with van der Waals surface area (Å²) >= 11 is 3.48. The average molecular weight is 424 g/mol. The summed E-state index contributed by atoms with van der Waals surface area (Å²) in [5.41, 5.74) is 4.36. The van der Waals surface area contributed by atoms with E-state index in [9.17, 15) is 4.79 Å². The van der Waals surface area contributed by atoms with E-state index in [2.05, 4.69) is 42.9 Å². The molecule has 4 aromatic rings. The largest absolute Gasteiger partial charge is 0.361 e. The maximum atomic E-state index is 12.8. The Morgan fingerprint density at radius 2 is 2.04 bits per heavy atom. The van der Waals surface area contributed by atoms with E-state index in [1.807, 2.05) is 50.2 Å². The van der Waals surface area contributed by atoms with Gasteiger partial charge in [-0.15, -0.1) is 0 Å². The molecule has 0 spiro atoms. The van der Waals surface area contributed by atoms with Gasteiger partial charge in [0.2, 0.25) is 0 Å². The molecule has 0 bridgehead atoms. The third-order valence-corrected chi connectivity index (χ3v) is 5.28. The minimum atomic E-state index is -0.160. The Hall–Kier alpha value is -3.06. The topological polar surface area (TPSA) is 78.5 Å². The van der Waals surface area contributed by atoms with Gasteiger partial charge in [0.25, 0.3) is 5.56 Å². The first-order chi connectivity index (χ1) is 12.9. The zero-order valence-electron chi connectivity index (χ0n) is 14.9. The Kier molecular flexibility index (Phi) is 4.24. The molecule has 0 aliphatic carbocycles. The predicted molar refractivity (Wildman–Crippen MR) is 113 cm³/mol. The van der Waals surface area contributed by atoms with Gasteiger partial charge in [0.15, 0.2) is 0 Å². The van der Waals surface area contributed by atoms with Crippen LogP contribution in [-0.4, -0.2) is 19.7 Å². The molecule has 6 nitrogen and oxygen atoms in total. The molecule has 0 aliphatic rings. The molecule has 4 rings (SSSR count). The number of halogens is 1. The highest BCUT2D eigenvalue weighted by Crippen LogP contribution is 2.18. The molecular weight excluding hydrogens is 406 g/mol. The summed E-state index contributed by atoms with van der Waals surface area (Å²) in [4.78, 5) is 20.4. The first kappa shape index (κ1) is 17.4. The van der Waals surface area contributed by atoms with Crippen molar-refractivity contribution in [3.05, 3.63) is 73.2 Å². The van der Waals surface area contributed by atoms with Crippen LogP contribution in [0.3, 0.4) is 0 Å². The SMILES string of the molecule is C=c1[nH]n(-c2ccc(Br)c(C)c2)c(=O)c1=CNc1ccc2nc(C)[nH]c2c1. The Labute approximate surface area is 163 Å². The van der Waals surface area contributed by atoms with E-state index in [0.29, 0.717) is 10.6 Å². The number of hydrogen-bond donors (Lipinski definition) is 3. The van der Waals surface area contributed by atoms with Gasteiger partial charge in [-0.1, -0.05) is 22.5 Å². The summed E-state index contributed by atoms with van der Waals surface area (Å²) in [5.74, 6) is 0.865. The summed E-state index contributed by atoms with van der Waals surface area (Å²) in [6.07, 6.45) is 1.67. The molecule has 0 saturated heterocycles. The molecule has 0 atom stereocenters. The lowest BCUT2D eigenvalue weighted by Gasteiger charge is -2.04. The highest BCUT2D eigenvalue weighted by molar-refractivity contribution is 9.10. The second-order valence-electron chi connectivity index (χ2n) is 6.42. The molecule has 2 heterocycles. The highest BCUT2D eigenvalue weighted by atomic mass is 79.9. The van der Waals surface area contributed by atoms with E-state index in [-0.39, 0.29) is 5.56 Å². The van der Waals surface area contributed by atoms with Crippen LogP contribution >= 0.6 is 15.9 Å². The van der Waals surface area contributed by atoms with Gasteiger partial charge in [0.05, 0.1) is 27.3 Å². The number of imidazole rings is 1. The standard InChI is InChI=1S/C20H18BrN5O/c1-11-8-15(5-6-17(11)21)26-20(27)16(12(2)25-26)10-22-14-4-7-18-19(9-14)24-13(3)23-18/h4-10,22,25H,2H2,1,3H3,(H,23,24). The molecule has 27 heavy (non-hydrogen) atoms. The number of H-pyrrole nitrogens is 2. The van der Waals surface area contributed by atoms with E-state index in [4.69, 9.17) is 0 Å². The number of aryl methyl sites for hydroxylation is 2. The second kappa shape index (κ2) is 6.59. The third-order valence-electron chi connectivity index (χ3n) is 4.39. The van der Waals surface area contributed by atoms with E-state index in [1.165, 1.54) is 4.68 Å². The molecule has 3 N–H and O–H groups in total. The summed E-state index contributed by atoms with van der Waals surface area (Å²) < 4.78 is 2.50. The van der Waals surface area contributed by atoms with Crippen molar-refractivity contribution in [1.82, 2.24) is 19.7 Å². The van der Waals surface area contributed by atoms with Crippen molar-refractivity contribution in [2.75, 3.05) is 5.32 Å². The number of fused-ring (bicyclic) bond motifs is 1. The van der Waals surface area contributed by atoms with E-state index in [1.54, 1.807) is 6.20 Å². The van der Waals surface area contributed by atoms with Crippen LogP contribution in [-0.2, 0) is 0 Å². The number of hydrogen-bond acceptors (Lipinski definition) is 3. The summed E-state index contributed by atoms with van der Waals surface area (Å²) in [6, 6.07) is 11.5. The van der Waals surface area contributed by atoms with Crippen molar-refractivity contribution < 1.29 is 0 Å². The van der Waals surface area contributed by atoms with Crippen molar-refractivity contribution in [2.45, 2.75) is 13.8 Å². The first-order valence-corrected chi connectivity index (χ1v) is 9.21. The average Bonchev–Trinajstić information content (AvgIpc) is 3.14.